The minimum absolute atomic E-state index is 0.00870. The molecule has 0 radical (unpaired) electrons. The summed E-state index contributed by atoms with van der Waals surface area (Å²) < 4.78 is 13.3. The number of benzene rings is 1. The highest BCUT2D eigenvalue weighted by atomic mass is 79.9. The largest absolute Gasteiger partial charge is 0.395 e. The summed E-state index contributed by atoms with van der Waals surface area (Å²) in [5.74, 6) is -1.86. The van der Waals surface area contributed by atoms with Gasteiger partial charge in [-0.25, -0.2) is 4.39 Å². The summed E-state index contributed by atoms with van der Waals surface area (Å²) in [4.78, 5) is 23.2. The minimum atomic E-state index is -0.728. The molecule has 1 aliphatic carbocycles. The Morgan fingerprint density at radius 2 is 1.87 bits per heavy atom. The fourth-order valence-electron chi connectivity index (χ4n) is 1.42. The van der Waals surface area contributed by atoms with E-state index < -0.39 is 17.4 Å². The molecule has 1 aromatic carbocycles. The van der Waals surface area contributed by atoms with E-state index in [1.54, 1.807) is 0 Å². The molecule has 15 heavy (non-hydrogen) atoms. The molecular formula is C10H5BrFNO2. The van der Waals surface area contributed by atoms with Crippen LogP contribution in [-0.4, -0.2) is 11.6 Å². The van der Waals surface area contributed by atoms with Gasteiger partial charge in [-0.2, -0.15) is 0 Å². The van der Waals surface area contributed by atoms with E-state index >= 15 is 0 Å². The predicted molar refractivity (Wildman–Crippen MR) is 55.2 cm³/mol. The molecule has 0 saturated carbocycles. The molecule has 0 bridgehead atoms. The molecule has 5 heteroatoms. The quantitative estimate of drug-likeness (QED) is 0.781. The van der Waals surface area contributed by atoms with Crippen LogP contribution in [0.1, 0.15) is 20.7 Å². The normalized spacial score (nSPS) is 15.6. The van der Waals surface area contributed by atoms with E-state index in [2.05, 4.69) is 15.9 Å². The number of carbonyl (C=O) groups excluding carboxylic acids is 2. The molecule has 0 aromatic heterocycles. The summed E-state index contributed by atoms with van der Waals surface area (Å²) in [5.41, 5.74) is 4.94. The Bertz CT molecular complexity index is 522. The van der Waals surface area contributed by atoms with Crippen molar-refractivity contribution in [3.63, 3.8) is 0 Å². The van der Waals surface area contributed by atoms with Gasteiger partial charge in [0, 0.05) is 5.56 Å². The lowest BCUT2D eigenvalue weighted by molar-refractivity contribution is 0.0977. The second-order valence-electron chi connectivity index (χ2n) is 3.05. The number of hydrogen-bond donors (Lipinski definition) is 1. The van der Waals surface area contributed by atoms with Crippen molar-refractivity contribution >= 4 is 27.5 Å². The van der Waals surface area contributed by atoms with Gasteiger partial charge in [0.15, 0.2) is 0 Å². The van der Waals surface area contributed by atoms with Crippen LogP contribution in [0.2, 0.25) is 0 Å². The first-order valence-electron chi connectivity index (χ1n) is 4.07. The van der Waals surface area contributed by atoms with Crippen LogP contribution in [0, 0.1) is 5.82 Å². The average molecular weight is 270 g/mol. The first kappa shape index (κ1) is 10.0. The van der Waals surface area contributed by atoms with Crippen LogP contribution in [-0.2, 0) is 0 Å². The van der Waals surface area contributed by atoms with E-state index in [4.69, 9.17) is 5.73 Å². The Kier molecular flexibility index (Phi) is 2.19. The van der Waals surface area contributed by atoms with Crippen molar-refractivity contribution in [3.05, 3.63) is 45.3 Å². The van der Waals surface area contributed by atoms with Crippen molar-refractivity contribution in [2.45, 2.75) is 0 Å². The fraction of sp³-hybridized carbons (Fsp3) is 0. The molecule has 0 heterocycles. The van der Waals surface area contributed by atoms with Gasteiger partial charge in [-0.05, 0) is 22.0 Å². The van der Waals surface area contributed by atoms with Crippen molar-refractivity contribution in [1.29, 1.82) is 0 Å². The molecule has 0 unspecified atom stereocenters. The maximum absolute atomic E-state index is 13.3. The molecule has 0 amide bonds. The number of hydrogen-bond acceptors (Lipinski definition) is 3. The van der Waals surface area contributed by atoms with E-state index in [1.165, 1.54) is 12.1 Å². The smallest absolute Gasteiger partial charge is 0.213 e. The van der Waals surface area contributed by atoms with Gasteiger partial charge in [0.25, 0.3) is 0 Å². The van der Waals surface area contributed by atoms with Crippen molar-refractivity contribution < 1.29 is 14.0 Å². The molecular weight excluding hydrogens is 265 g/mol. The van der Waals surface area contributed by atoms with Gasteiger partial charge in [0.1, 0.15) is 5.82 Å². The predicted octanol–water partition coefficient (Wildman–Crippen LogP) is 1.77. The van der Waals surface area contributed by atoms with E-state index in [-0.39, 0.29) is 21.3 Å². The monoisotopic (exact) mass is 269 g/mol. The summed E-state index contributed by atoms with van der Waals surface area (Å²) in [6, 6.07) is 3.89. The molecule has 2 rings (SSSR count). The highest BCUT2D eigenvalue weighted by Gasteiger charge is 2.31. The third-order valence-electron chi connectivity index (χ3n) is 2.17. The Morgan fingerprint density at radius 3 is 2.53 bits per heavy atom. The number of Topliss-reactive ketones (excluding diaryl/α,β-unsaturated/α-hetero) is 2. The molecule has 0 saturated heterocycles. The molecule has 1 aliphatic rings. The highest BCUT2D eigenvalue weighted by molar-refractivity contribution is 9.12. The number of carbonyl (C=O) groups is 2. The topological polar surface area (TPSA) is 60.2 Å². The minimum Gasteiger partial charge on any atom is -0.395 e. The summed E-state index contributed by atoms with van der Waals surface area (Å²) in [6.07, 6.45) is 0. The molecule has 0 atom stereocenters. The molecule has 3 nitrogen and oxygen atoms in total. The van der Waals surface area contributed by atoms with Crippen molar-refractivity contribution in [1.82, 2.24) is 0 Å². The van der Waals surface area contributed by atoms with Gasteiger partial charge in [0.2, 0.25) is 11.6 Å². The summed E-state index contributed by atoms with van der Waals surface area (Å²) in [6.45, 7) is 0. The zero-order chi connectivity index (χ0) is 11.2. The number of fused-ring (bicyclic) bond motifs is 1. The molecule has 0 fully saturated rings. The summed E-state index contributed by atoms with van der Waals surface area (Å²) in [5, 5.41) is 0. The summed E-state index contributed by atoms with van der Waals surface area (Å²) >= 11 is 2.92. The standard InChI is InChI=1S/C10H5BrFNO2/c11-7-8(13)10(15)6-4(9(7)14)2-1-3-5(6)12/h1-3H,13H2. The van der Waals surface area contributed by atoms with Crippen LogP contribution in [0.3, 0.4) is 0 Å². The average Bonchev–Trinajstić information content (AvgIpc) is 2.23. The van der Waals surface area contributed by atoms with Crippen LogP contribution in [0.25, 0.3) is 0 Å². The second kappa shape index (κ2) is 3.27. The third kappa shape index (κ3) is 1.31. The van der Waals surface area contributed by atoms with Gasteiger partial charge < -0.3 is 5.73 Å². The molecule has 1 aromatic rings. The maximum Gasteiger partial charge on any atom is 0.213 e. The van der Waals surface area contributed by atoms with Crippen LogP contribution >= 0.6 is 15.9 Å². The number of allylic oxidation sites excluding steroid dienone is 2. The van der Waals surface area contributed by atoms with Gasteiger partial charge in [-0.1, -0.05) is 12.1 Å². The van der Waals surface area contributed by atoms with Gasteiger partial charge in [0.05, 0.1) is 15.7 Å². The lowest BCUT2D eigenvalue weighted by Gasteiger charge is -2.15. The van der Waals surface area contributed by atoms with Gasteiger partial charge in [-0.3, -0.25) is 9.59 Å². The van der Waals surface area contributed by atoms with E-state index in [9.17, 15) is 14.0 Å². The summed E-state index contributed by atoms with van der Waals surface area (Å²) in [7, 11) is 0. The Balaban J connectivity index is 2.79. The number of rotatable bonds is 0. The Labute approximate surface area is 92.9 Å². The first-order valence-corrected chi connectivity index (χ1v) is 4.86. The van der Waals surface area contributed by atoms with E-state index in [0.29, 0.717) is 0 Å². The number of nitrogens with two attached hydrogens (primary N) is 1. The number of ketones is 2. The van der Waals surface area contributed by atoms with Crippen molar-refractivity contribution in [2.75, 3.05) is 0 Å². The lowest BCUT2D eigenvalue weighted by Crippen LogP contribution is -2.25. The van der Waals surface area contributed by atoms with Gasteiger partial charge >= 0.3 is 0 Å². The van der Waals surface area contributed by atoms with E-state index in [1.807, 2.05) is 0 Å². The van der Waals surface area contributed by atoms with E-state index in [0.717, 1.165) is 6.07 Å². The maximum atomic E-state index is 13.3. The second-order valence-corrected chi connectivity index (χ2v) is 3.84. The third-order valence-corrected chi connectivity index (χ3v) is 2.95. The SMILES string of the molecule is NC1=C(Br)C(=O)c2cccc(F)c2C1=O. The van der Waals surface area contributed by atoms with Gasteiger partial charge in [-0.15, -0.1) is 0 Å². The Morgan fingerprint density at radius 1 is 1.20 bits per heavy atom. The highest BCUT2D eigenvalue weighted by Crippen LogP contribution is 2.28. The molecule has 0 aliphatic heterocycles. The molecule has 76 valence electrons. The van der Waals surface area contributed by atoms with Crippen LogP contribution < -0.4 is 5.73 Å². The molecule has 0 spiro atoms. The lowest BCUT2D eigenvalue weighted by atomic mass is 9.92. The van der Waals surface area contributed by atoms with Crippen LogP contribution in [0.4, 0.5) is 4.39 Å². The Hall–Kier alpha value is -1.49. The van der Waals surface area contributed by atoms with Crippen LogP contribution in [0.15, 0.2) is 28.4 Å². The van der Waals surface area contributed by atoms with Crippen molar-refractivity contribution in [3.8, 4) is 0 Å². The van der Waals surface area contributed by atoms with Crippen LogP contribution in [0.5, 0.6) is 0 Å². The first-order chi connectivity index (χ1) is 7.04. The zero-order valence-corrected chi connectivity index (χ0v) is 8.97. The van der Waals surface area contributed by atoms with Crippen molar-refractivity contribution in [2.24, 2.45) is 5.73 Å². The fourth-order valence-corrected chi connectivity index (χ4v) is 1.81. The zero-order valence-electron chi connectivity index (χ0n) is 7.38. The number of halogens is 2. The molecule has 2 N–H and O–H groups in total.